The van der Waals surface area contributed by atoms with Gasteiger partial charge in [-0.25, -0.2) is 4.79 Å². The summed E-state index contributed by atoms with van der Waals surface area (Å²) < 4.78 is 24.2. The van der Waals surface area contributed by atoms with E-state index in [0.29, 0.717) is 56.9 Å². The van der Waals surface area contributed by atoms with Crippen molar-refractivity contribution >= 4 is 23.4 Å². The van der Waals surface area contributed by atoms with Gasteiger partial charge in [0.05, 0.1) is 24.4 Å². The maximum absolute atomic E-state index is 14.2. The van der Waals surface area contributed by atoms with Crippen LogP contribution in [0.2, 0.25) is 0 Å². The number of aliphatic hydroxyl groups is 3. The molecule has 55 heavy (non-hydrogen) atoms. The fourth-order valence-corrected chi connectivity index (χ4v) is 9.22. The van der Waals surface area contributed by atoms with E-state index in [0.717, 1.165) is 5.57 Å². The number of rotatable bonds is 5. The van der Waals surface area contributed by atoms with Gasteiger partial charge < -0.3 is 44.9 Å². The van der Waals surface area contributed by atoms with Crippen LogP contribution < -0.4 is 5.73 Å². The maximum Gasteiger partial charge on any atom is 0.329 e. The Balaban J connectivity index is 1.76. The van der Waals surface area contributed by atoms with E-state index in [1.807, 2.05) is 39.8 Å². The molecule has 4 rings (SSSR count). The molecule has 5 N–H and O–H groups in total. The van der Waals surface area contributed by atoms with Crippen LogP contribution in [0.15, 0.2) is 23.3 Å². The van der Waals surface area contributed by atoms with Crippen molar-refractivity contribution in [2.24, 2.45) is 35.3 Å². The van der Waals surface area contributed by atoms with Gasteiger partial charge in [-0.15, -0.1) is 0 Å². The van der Waals surface area contributed by atoms with Crippen molar-refractivity contribution in [1.82, 2.24) is 4.90 Å². The zero-order valence-electron chi connectivity index (χ0n) is 34.3. The number of nitrogens with zero attached hydrogens (tertiary/aromatic N) is 1. The van der Waals surface area contributed by atoms with Crippen LogP contribution in [0.5, 0.6) is 0 Å². The first-order chi connectivity index (χ1) is 25.9. The standard InChI is InChI=1S/C42H68N2O11/c1-9-29-17-23(2)16-24(3)18-35(52-7)38-36(53-8)20-26(5)42(51,55-38)39(48)40(49)44-15-11-10-12-31(44)41(50)54-37(27(6)33(46)22-34(29)47)25(4)19-28-13-14-32(45)30(43)21-28/h17,19,24,26-33,35-38,45-46,51H,9-16,18,20-22,43H2,1-8H3/b23-17+,25-19?. The number of ether oxygens (including phenoxy) is 4. The molecule has 0 aromatic carbocycles. The maximum atomic E-state index is 14.2. The van der Waals surface area contributed by atoms with Crippen LogP contribution in [0.4, 0.5) is 0 Å². The number of cyclic esters (lactones) is 1. The van der Waals surface area contributed by atoms with Crippen molar-refractivity contribution in [3.8, 4) is 0 Å². The summed E-state index contributed by atoms with van der Waals surface area (Å²) in [7, 11) is 3.06. The highest BCUT2D eigenvalue weighted by Crippen LogP contribution is 2.39. The number of fused-ring (bicyclic) bond motifs is 3. The summed E-state index contributed by atoms with van der Waals surface area (Å²) in [6.07, 6.45) is 3.99. The number of esters is 1. The quantitative estimate of drug-likeness (QED) is 0.180. The van der Waals surface area contributed by atoms with Crippen molar-refractivity contribution in [3.05, 3.63) is 23.3 Å². The Hall–Kier alpha value is -2.52. The molecular weight excluding hydrogens is 708 g/mol. The van der Waals surface area contributed by atoms with Gasteiger partial charge >= 0.3 is 5.97 Å². The van der Waals surface area contributed by atoms with E-state index in [4.69, 9.17) is 24.7 Å². The van der Waals surface area contributed by atoms with Crippen LogP contribution in [0, 0.1) is 29.6 Å². The molecule has 13 nitrogen and oxygen atoms in total. The second kappa shape index (κ2) is 19.8. The third-order valence-corrected chi connectivity index (χ3v) is 12.7. The number of aliphatic hydroxyl groups excluding tert-OH is 2. The molecule has 14 atom stereocenters. The second-order valence-corrected chi connectivity index (χ2v) is 17.0. The van der Waals surface area contributed by atoms with Gasteiger partial charge in [0.25, 0.3) is 11.7 Å². The number of hydrogen-bond acceptors (Lipinski definition) is 12. The summed E-state index contributed by atoms with van der Waals surface area (Å²) in [6, 6.07) is -1.53. The molecule has 2 saturated heterocycles. The molecule has 0 spiro atoms. The van der Waals surface area contributed by atoms with Gasteiger partial charge in [-0.3, -0.25) is 14.4 Å². The normalized spacial score (nSPS) is 42.1. The number of ketones is 2. The number of methoxy groups -OCH3 is 2. The van der Waals surface area contributed by atoms with Gasteiger partial charge in [-0.2, -0.15) is 0 Å². The van der Waals surface area contributed by atoms with Gasteiger partial charge in [-0.05, 0) is 95.5 Å². The third kappa shape index (κ3) is 10.7. The summed E-state index contributed by atoms with van der Waals surface area (Å²) in [5, 5.41) is 33.8. The summed E-state index contributed by atoms with van der Waals surface area (Å²) in [5.41, 5.74) is 7.84. The molecule has 3 aliphatic heterocycles. The molecule has 0 aromatic heterocycles. The minimum atomic E-state index is -2.50. The first-order valence-electron chi connectivity index (χ1n) is 20.5. The molecule has 3 fully saturated rings. The zero-order chi connectivity index (χ0) is 40.8. The van der Waals surface area contributed by atoms with Gasteiger partial charge in [0.2, 0.25) is 5.79 Å². The first-order valence-corrected chi connectivity index (χ1v) is 20.5. The van der Waals surface area contributed by atoms with E-state index in [9.17, 15) is 34.5 Å². The van der Waals surface area contributed by atoms with Gasteiger partial charge in [0.1, 0.15) is 24.0 Å². The number of hydrogen-bond donors (Lipinski definition) is 4. The lowest BCUT2D eigenvalue weighted by atomic mass is 9.81. The highest BCUT2D eigenvalue weighted by atomic mass is 16.7. The van der Waals surface area contributed by atoms with Gasteiger partial charge in [-0.1, -0.05) is 45.4 Å². The van der Waals surface area contributed by atoms with Crippen molar-refractivity contribution in [2.75, 3.05) is 20.8 Å². The fourth-order valence-electron chi connectivity index (χ4n) is 9.22. The Morgan fingerprint density at radius 3 is 2.29 bits per heavy atom. The molecule has 3 heterocycles. The number of carbonyl (C=O) groups is 4. The predicted molar refractivity (Wildman–Crippen MR) is 205 cm³/mol. The number of Topliss-reactive ketones (excluding diaryl/α,β-unsaturated/α-hetero) is 2. The van der Waals surface area contributed by atoms with E-state index < -0.39 is 89.9 Å². The number of nitrogens with two attached hydrogens (primary N) is 1. The highest BCUT2D eigenvalue weighted by molar-refractivity contribution is 6.39. The molecule has 14 unspecified atom stereocenters. The largest absolute Gasteiger partial charge is 0.456 e. The van der Waals surface area contributed by atoms with Crippen molar-refractivity contribution < 1.29 is 53.4 Å². The average Bonchev–Trinajstić information content (AvgIpc) is 3.15. The molecule has 4 aliphatic rings. The van der Waals surface area contributed by atoms with Crippen LogP contribution in [0.3, 0.4) is 0 Å². The average molecular weight is 777 g/mol. The lowest BCUT2D eigenvalue weighted by molar-refractivity contribution is -0.302. The number of carbonyl (C=O) groups excluding carboxylic acids is 4. The van der Waals surface area contributed by atoms with Crippen LogP contribution >= 0.6 is 0 Å². The molecule has 1 saturated carbocycles. The molecule has 1 amide bonds. The summed E-state index contributed by atoms with van der Waals surface area (Å²) in [5.74, 6) is -7.50. The van der Waals surface area contributed by atoms with Crippen molar-refractivity contribution in [1.29, 1.82) is 0 Å². The fraction of sp³-hybridized carbons (Fsp3) is 0.810. The highest BCUT2D eigenvalue weighted by Gasteiger charge is 2.56. The predicted octanol–water partition coefficient (Wildman–Crippen LogP) is 3.79. The third-order valence-electron chi connectivity index (χ3n) is 12.7. The Kier molecular flexibility index (Phi) is 16.2. The SMILES string of the molecule is CCC1/C=C(\C)CC(C)CC(OC)C2OC(O)(C(=O)C(=O)N3CCCCC3C(=O)OC(C(C)=CC3CCC(O)C(N)C3)C(C)C(O)CC1=O)C(C)CC2OC. The smallest absolute Gasteiger partial charge is 0.329 e. The Morgan fingerprint density at radius 2 is 1.65 bits per heavy atom. The Morgan fingerprint density at radius 1 is 0.982 bits per heavy atom. The lowest BCUT2D eigenvalue weighted by Gasteiger charge is -2.47. The summed E-state index contributed by atoms with van der Waals surface area (Å²) in [4.78, 5) is 57.5. The van der Waals surface area contributed by atoms with E-state index in [1.165, 1.54) is 19.1 Å². The molecule has 1 aliphatic carbocycles. The van der Waals surface area contributed by atoms with Crippen molar-refractivity contribution in [2.45, 2.75) is 167 Å². The number of amides is 1. The zero-order valence-corrected chi connectivity index (χ0v) is 34.3. The monoisotopic (exact) mass is 776 g/mol. The van der Waals surface area contributed by atoms with Crippen molar-refractivity contribution in [3.63, 3.8) is 0 Å². The summed E-state index contributed by atoms with van der Waals surface area (Å²) >= 11 is 0. The van der Waals surface area contributed by atoms with E-state index >= 15 is 0 Å². The van der Waals surface area contributed by atoms with Gasteiger partial charge in [0.15, 0.2) is 0 Å². The molecule has 312 valence electrons. The molecule has 0 aromatic rings. The number of piperidine rings is 1. The van der Waals surface area contributed by atoms with Crippen LogP contribution in [-0.2, 0) is 38.1 Å². The molecule has 0 radical (unpaired) electrons. The number of allylic oxidation sites excluding steroid dienone is 3. The second-order valence-electron chi connectivity index (χ2n) is 17.0. The Bertz CT molecular complexity index is 1420. The summed E-state index contributed by atoms with van der Waals surface area (Å²) in [6.45, 7) is 11.2. The first kappa shape index (κ1) is 45.2. The van der Waals surface area contributed by atoms with Crippen LogP contribution in [0.25, 0.3) is 0 Å². The molecule has 2 bridgehead atoms. The lowest BCUT2D eigenvalue weighted by Crippen LogP contribution is -2.64. The minimum Gasteiger partial charge on any atom is -0.456 e. The topological polar surface area (TPSA) is 195 Å². The van der Waals surface area contributed by atoms with Crippen LogP contribution in [0.1, 0.15) is 112 Å². The van der Waals surface area contributed by atoms with E-state index in [1.54, 1.807) is 13.8 Å². The Labute approximate surface area is 327 Å². The van der Waals surface area contributed by atoms with E-state index in [2.05, 4.69) is 0 Å². The molecule has 13 heteroatoms. The minimum absolute atomic E-state index is 0.00367. The molecular formula is C42H68N2O11. The van der Waals surface area contributed by atoms with Gasteiger partial charge in [0, 0.05) is 51.0 Å². The van der Waals surface area contributed by atoms with Crippen LogP contribution in [-0.4, -0.2) is 119 Å². The van der Waals surface area contributed by atoms with E-state index in [-0.39, 0.29) is 43.4 Å².